The van der Waals surface area contributed by atoms with Crippen LogP contribution >= 0.6 is 0 Å². The molecule has 0 N–H and O–H groups in total. The van der Waals surface area contributed by atoms with Gasteiger partial charge in [-0.25, -0.2) is 8.42 Å². The molecule has 1 aromatic heterocycles. The molecule has 25 heavy (non-hydrogen) atoms. The zero-order chi connectivity index (χ0) is 17.6. The quantitative estimate of drug-likeness (QED) is 0.804. The van der Waals surface area contributed by atoms with Crippen molar-refractivity contribution in [2.24, 2.45) is 7.05 Å². The van der Waals surface area contributed by atoms with Crippen LogP contribution in [0.15, 0.2) is 30.5 Å². The molecule has 2 fully saturated rings. The normalized spacial score (nSPS) is 24.0. The summed E-state index contributed by atoms with van der Waals surface area (Å²) in [4.78, 5) is 16.9. The minimum Gasteiger partial charge on any atom is -0.351 e. The van der Waals surface area contributed by atoms with Gasteiger partial charge < -0.3 is 9.47 Å². The van der Waals surface area contributed by atoms with Crippen molar-refractivity contribution < 1.29 is 13.2 Å². The lowest BCUT2D eigenvalue weighted by atomic mass is 10.1. The standard InChI is InChI=1S/C18H23N3O3S/c1-19-6-4-14-2-3-15(12-17(14)19)18(22)21-9-7-20(8-10-21)16-5-11-25(23,24)13-16/h2-4,6,12,16H,5,7-11,13H2,1H3. The molecule has 0 bridgehead atoms. The number of sulfone groups is 1. The maximum atomic E-state index is 12.8. The van der Waals surface area contributed by atoms with Crippen molar-refractivity contribution >= 4 is 26.6 Å². The summed E-state index contributed by atoms with van der Waals surface area (Å²) >= 11 is 0. The number of fused-ring (bicyclic) bond motifs is 1. The van der Waals surface area contributed by atoms with Gasteiger partial charge >= 0.3 is 0 Å². The topological polar surface area (TPSA) is 62.6 Å². The summed E-state index contributed by atoms with van der Waals surface area (Å²) in [6, 6.07) is 8.00. The fourth-order valence-electron chi connectivity index (χ4n) is 3.93. The molecule has 1 amide bonds. The molecule has 2 saturated heterocycles. The predicted octanol–water partition coefficient (Wildman–Crippen LogP) is 1.12. The molecule has 6 nitrogen and oxygen atoms in total. The fraction of sp³-hybridized carbons (Fsp3) is 0.500. The third kappa shape index (κ3) is 3.18. The van der Waals surface area contributed by atoms with Gasteiger partial charge in [0.2, 0.25) is 0 Å². The zero-order valence-corrected chi connectivity index (χ0v) is 15.2. The second-order valence-corrected chi connectivity index (χ2v) is 9.31. The predicted molar refractivity (Wildman–Crippen MR) is 97.5 cm³/mol. The molecule has 4 rings (SSSR count). The number of aromatic nitrogens is 1. The van der Waals surface area contributed by atoms with Gasteiger partial charge in [-0.1, -0.05) is 6.07 Å². The lowest BCUT2D eigenvalue weighted by Crippen LogP contribution is -2.52. The number of carbonyl (C=O) groups is 1. The Morgan fingerprint density at radius 2 is 1.88 bits per heavy atom. The van der Waals surface area contributed by atoms with E-state index < -0.39 is 9.84 Å². The summed E-state index contributed by atoms with van der Waals surface area (Å²) in [6.07, 6.45) is 2.72. The van der Waals surface area contributed by atoms with Crippen LogP contribution in [0, 0.1) is 0 Å². The van der Waals surface area contributed by atoms with Crippen molar-refractivity contribution in [1.29, 1.82) is 0 Å². The summed E-state index contributed by atoms with van der Waals surface area (Å²) in [5.41, 5.74) is 1.77. The second-order valence-electron chi connectivity index (χ2n) is 7.09. The van der Waals surface area contributed by atoms with Crippen LogP contribution in [0.1, 0.15) is 16.8 Å². The first kappa shape index (κ1) is 16.6. The number of carbonyl (C=O) groups excluding carboxylic acids is 1. The van der Waals surface area contributed by atoms with E-state index in [4.69, 9.17) is 0 Å². The monoisotopic (exact) mass is 361 g/mol. The van der Waals surface area contributed by atoms with Crippen LogP contribution in [-0.4, -0.2) is 72.4 Å². The minimum absolute atomic E-state index is 0.0572. The van der Waals surface area contributed by atoms with Gasteiger partial charge in [0.25, 0.3) is 5.91 Å². The van der Waals surface area contributed by atoms with Gasteiger partial charge in [-0.15, -0.1) is 0 Å². The average Bonchev–Trinajstić information content (AvgIpc) is 3.16. The summed E-state index contributed by atoms with van der Waals surface area (Å²) in [6.45, 7) is 2.80. The first-order valence-corrected chi connectivity index (χ1v) is 10.5. The number of hydrogen-bond acceptors (Lipinski definition) is 4. The highest BCUT2D eigenvalue weighted by atomic mass is 32.2. The van der Waals surface area contributed by atoms with E-state index in [1.807, 2.05) is 47.0 Å². The zero-order valence-electron chi connectivity index (χ0n) is 14.4. The van der Waals surface area contributed by atoms with Crippen LogP contribution in [0.3, 0.4) is 0 Å². The van der Waals surface area contributed by atoms with Crippen LogP contribution in [0.4, 0.5) is 0 Å². The minimum atomic E-state index is -2.86. The summed E-state index contributed by atoms with van der Waals surface area (Å²) in [5, 5.41) is 1.13. The lowest BCUT2D eigenvalue weighted by Gasteiger charge is -2.37. The van der Waals surface area contributed by atoms with Gasteiger partial charge in [-0.05, 0) is 30.0 Å². The van der Waals surface area contributed by atoms with E-state index in [2.05, 4.69) is 4.90 Å². The molecule has 0 aliphatic carbocycles. The van der Waals surface area contributed by atoms with Crippen LogP contribution in [-0.2, 0) is 16.9 Å². The SMILES string of the molecule is Cn1ccc2ccc(C(=O)N3CCN(C4CCS(=O)(=O)C4)CC3)cc21. The number of aryl methyl sites for hydroxylation is 1. The van der Waals surface area contributed by atoms with E-state index in [9.17, 15) is 13.2 Å². The molecule has 0 saturated carbocycles. The van der Waals surface area contributed by atoms with Crippen molar-refractivity contribution in [2.75, 3.05) is 37.7 Å². The molecule has 134 valence electrons. The van der Waals surface area contributed by atoms with E-state index in [0.29, 0.717) is 24.4 Å². The Morgan fingerprint density at radius 1 is 1.12 bits per heavy atom. The third-order valence-electron chi connectivity index (χ3n) is 5.46. The Morgan fingerprint density at radius 3 is 2.56 bits per heavy atom. The molecule has 0 spiro atoms. The summed E-state index contributed by atoms with van der Waals surface area (Å²) in [5.74, 6) is 0.625. The number of benzene rings is 1. The van der Waals surface area contributed by atoms with Crippen molar-refractivity contribution in [3.63, 3.8) is 0 Å². The second kappa shape index (κ2) is 6.14. The molecular formula is C18H23N3O3S. The Bertz CT molecular complexity index is 911. The van der Waals surface area contributed by atoms with Gasteiger partial charge in [0.1, 0.15) is 0 Å². The number of nitrogens with zero attached hydrogens (tertiary/aromatic N) is 3. The summed E-state index contributed by atoms with van der Waals surface area (Å²) < 4.78 is 25.3. The smallest absolute Gasteiger partial charge is 0.254 e. The van der Waals surface area contributed by atoms with E-state index >= 15 is 0 Å². The highest BCUT2D eigenvalue weighted by Crippen LogP contribution is 2.21. The number of amides is 1. The van der Waals surface area contributed by atoms with Crippen molar-refractivity contribution in [2.45, 2.75) is 12.5 Å². The first-order valence-electron chi connectivity index (χ1n) is 8.72. The maximum absolute atomic E-state index is 12.8. The highest BCUT2D eigenvalue weighted by molar-refractivity contribution is 7.91. The molecule has 2 aromatic rings. The van der Waals surface area contributed by atoms with Crippen LogP contribution in [0.5, 0.6) is 0 Å². The molecule has 1 aromatic carbocycles. The maximum Gasteiger partial charge on any atom is 0.254 e. The van der Waals surface area contributed by atoms with Gasteiger partial charge in [0.15, 0.2) is 9.84 Å². The Balaban J connectivity index is 1.43. The lowest BCUT2D eigenvalue weighted by molar-refractivity contribution is 0.0588. The highest BCUT2D eigenvalue weighted by Gasteiger charge is 2.34. The molecule has 2 aliphatic rings. The molecule has 3 heterocycles. The van der Waals surface area contributed by atoms with Crippen molar-refractivity contribution in [1.82, 2.24) is 14.4 Å². The molecule has 1 unspecified atom stereocenters. The van der Waals surface area contributed by atoms with E-state index in [1.54, 1.807) is 0 Å². The fourth-order valence-corrected chi connectivity index (χ4v) is 5.69. The van der Waals surface area contributed by atoms with Crippen LogP contribution in [0.25, 0.3) is 10.9 Å². The number of piperazine rings is 1. The van der Waals surface area contributed by atoms with Crippen molar-refractivity contribution in [3.8, 4) is 0 Å². The van der Waals surface area contributed by atoms with Gasteiger partial charge in [0, 0.05) is 56.5 Å². The molecule has 2 aliphatic heterocycles. The third-order valence-corrected chi connectivity index (χ3v) is 7.21. The first-order chi connectivity index (χ1) is 11.9. The number of hydrogen-bond donors (Lipinski definition) is 0. The number of rotatable bonds is 2. The molecule has 1 atom stereocenters. The Hall–Kier alpha value is -1.86. The Kier molecular flexibility index (Phi) is 4.08. The van der Waals surface area contributed by atoms with E-state index in [1.165, 1.54) is 0 Å². The van der Waals surface area contributed by atoms with Crippen LogP contribution < -0.4 is 0 Å². The van der Waals surface area contributed by atoms with Gasteiger partial charge in [-0.3, -0.25) is 9.69 Å². The van der Waals surface area contributed by atoms with E-state index in [-0.39, 0.29) is 17.7 Å². The van der Waals surface area contributed by atoms with Gasteiger partial charge in [-0.2, -0.15) is 0 Å². The molecule has 7 heteroatoms. The molecular weight excluding hydrogens is 338 g/mol. The molecule has 0 radical (unpaired) electrons. The average molecular weight is 361 g/mol. The van der Waals surface area contributed by atoms with Crippen LogP contribution in [0.2, 0.25) is 0 Å². The van der Waals surface area contributed by atoms with Gasteiger partial charge in [0.05, 0.1) is 11.5 Å². The largest absolute Gasteiger partial charge is 0.351 e. The van der Waals surface area contributed by atoms with E-state index in [0.717, 1.165) is 30.4 Å². The van der Waals surface area contributed by atoms with Crippen molar-refractivity contribution in [3.05, 3.63) is 36.0 Å². The Labute approximate surface area is 147 Å². The summed E-state index contributed by atoms with van der Waals surface area (Å²) in [7, 11) is -0.884.